The Hall–Kier alpha value is -1.96. The Morgan fingerprint density at radius 3 is 2.78 bits per heavy atom. The molecule has 0 radical (unpaired) electrons. The topological polar surface area (TPSA) is 71.1 Å². The molecular weight excluding hydrogens is 330 g/mol. The fourth-order valence-electron chi connectivity index (χ4n) is 2.35. The SMILES string of the molecule is Cc1cccc2c(NCCNS(=O)(=O)c3cccs3)ccnc12. The standard InChI is InChI=1S/C16H17N3O2S2/c1-12-4-2-5-13-14(7-8-18-16(12)13)17-9-10-19-23(20,21)15-6-3-11-22-15/h2-8,11,19H,9-10H2,1H3,(H,17,18). The van der Waals surface area contributed by atoms with Crippen molar-refractivity contribution >= 4 is 38.0 Å². The van der Waals surface area contributed by atoms with Crippen molar-refractivity contribution in [3.63, 3.8) is 0 Å². The number of thiophene rings is 1. The van der Waals surface area contributed by atoms with Crippen LogP contribution >= 0.6 is 11.3 Å². The van der Waals surface area contributed by atoms with E-state index < -0.39 is 10.0 Å². The summed E-state index contributed by atoms with van der Waals surface area (Å²) < 4.78 is 27.0. The maximum absolute atomic E-state index is 12.0. The van der Waals surface area contributed by atoms with Crippen molar-refractivity contribution < 1.29 is 8.42 Å². The molecule has 23 heavy (non-hydrogen) atoms. The van der Waals surface area contributed by atoms with E-state index in [4.69, 9.17) is 0 Å². The maximum atomic E-state index is 12.0. The van der Waals surface area contributed by atoms with Gasteiger partial charge in [0.15, 0.2) is 0 Å². The van der Waals surface area contributed by atoms with Gasteiger partial charge < -0.3 is 5.32 Å². The van der Waals surface area contributed by atoms with E-state index in [0.717, 1.165) is 22.2 Å². The van der Waals surface area contributed by atoms with Crippen molar-refractivity contribution in [1.29, 1.82) is 0 Å². The number of benzene rings is 1. The number of nitrogens with zero attached hydrogens (tertiary/aromatic N) is 1. The van der Waals surface area contributed by atoms with Gasteiger partial charge in [0, 0.05) is 30.4 Å². The Bertz CT molecular complexity index is 906. The monoisotopic (exact) mass is 347 g/mol. The Labute approximate surface area is 139 Å². The lowest BCUT2D eigenvalue weighted by molar-refractivity contribution is 0.585. The predicted octanol–water partition coefficient (Wildman–Crippen LogP) is 3.00. The van der Waals surface area contributed by atoms with Gasteiger partial charge in [0.2, 0.25) is 10.0 Å². The molecule has 2 aromatic heterocycles. The van der Waals surface area contributed by atoms with Gasteiger partial charge in [0.1, 0.15) is 4.21 Å². The molecule has 2 heterocycles. The number of aromatic nitrogens is 1. The van der Waals surface area contributed by atoms with Crippen LogP contribution < -0.4 is 10.0 Å². The fourth-order valence-corrected chi connectivity index (χ4v) is 4.42. The Balaban J connectivity index is 1.65. The van der Waals surface area contributed by atoms with Gasteiger partial charge in [-0.3, -0.25) is 4.98 Å². The first-order chi connectivity index (χ1) is 11.1. The van der Waals surface area contributed by atoms with Gasteiger partial charge in [-0.1, -0.05) is 24.3 Å². The molecule has 120 valence electrons. The van der Waals surface area contributed by atoms with Crippen molar-refractivity contribution in [2.45, 2.75) is 11.1 Å². The summed E-state index contributed by atoms with van der Waals surface area (Å²) in [6, 6.07) is 11.2. The van der Waals surface area contributed by atoms with Crippen molar-refractivity contribution in [3.8, 4) is 0 Å². The number of para-hydroxylation sites is 1. The largest absolute Gasteiger partial charge is 0.383 e. The van der Waals surface area contributed by atoms with Crippen molar-refractivity contribution in [3.05, 3.63) is 53.5 Å². The number of hydrogen-bond acceptors (Lipinski definition) is 5. The molecule has 0 aliphatic heterocycles. The van der Waals surface area contributed by atoms with Gasteiger partial charge in [-0.15, -0.1) is 11.3 Å². The van der Waals surface area contributed by atoms with Crippen LogP contribution in [0.3, 0.4) is 0 Å². The summed E-state index contributed by atoms with van der Waals surface area (Å²) in [5.41, 5.74) is 3.02. The maximum Gasteiger partial charge on any atom is 0.250 e. The third-order valence-corrected chi connectivity index (χ3v) is 6.32. The van der Waals surface area contributed by atoms with Crippen LogP contribution in [0.2, 0.25) is 0 Å². The van der Waals surface area contributed by atoms with Gasteiger partial charge in [-0.05, 0) is 30.0 Å². The highest BCUT2D eigenvalue weighted by Gasteiger charge is 2.13. The molecule has 0 saturated carbocycles. The first-order valence-electron chi connectivity index (χ1n) is 7.19. The van der Waals surface area contributed by atoms with Gasteiger partial charge in [0.25, 0.3) is 0 Å². The molecule has 3 rings (SSSR count). The lowest BCUT2D eigenvalue weighted by Gasteiger charge is -2.11. The smallest absolute Gasteiger partial charge is 0.250 e. The van der Waals surface area contributed by atoms with Crippen LogP contribution in [-0.2, 0) is 10.0 Å². The zero-order chi connectivity index (χ0) is 16.3. The third kappa shape index (κ3) is 3.52. The molecule has 0 aliphatic rings. The quantitative estimate of drug-likeness (QED) is 0.673. The molecule has 0 aliphatic carbocycles. The molecule has 2 N–H and O–H groups in total. The minimum atomic E-state index is -3.40. The van der Waals surface area contributed by atoms with E-state index in [0.29, 0.717) is 17.3 Å². The van der Waals surface area contributed by atoms with Crippen LogP contribution in [0.15, 0.2) is 52.2 Å². The summed E-state index contributed by atoms with van der Waals surface area (Å²) in [6.45, 7) is 2.84. The minimum Gasteiger partial charge on any atom is -0.383 e. The van der Waals surface area contributed by atoms with Gasteiger partial charge >= 0.3 is 0 Å². The van der Waals surface area contributed by atoms with Crippen LogP contribution in [0.5, 0.6) is 0 Å². The van der Waals surface area contributed by atoms with Crippen LogP contribution in [0.25, 0.3) is 10.9 Å². The van der Waals surface area contributed by atoms with E-state index >= 15 is 0 Å². The average Bonchev–Trinajstić information content (AvgIpc) is 3.08. The lowest BCUT2D eigenvalue weighted by Crippen LogP contribution is -2.28. The van der Waals surface area contributed by atoms with E-state index in [9.17, 15) is 8.42 Å². The molecule has 0 amide bonds. The summed E-state index contributed by atoms with van der Waals surface area (Å²) in [7, 11) is -3.40. The highest BCUT2D eigenvalue weighted by Crippen LogP contribution is 2.23. The van der Waals surface area contributed by atoms with E-state index in [1.807, 2.05) is 31.2 Å². The summed E-state index contributed by atoms with van der Waals surface area (Å²) >= 11 is 1.21. The van der Waals surface area contributed by atoms with Gasteiger partial charge in [-0.2, -0.15) is 0 Å². The highest BCUT2D eigenvalue weighted by molar-refractivity contribution is 7.91. The number of anilines is 1. The van der Waals surface area contributed by atoms with Gasteiger partial charge in [-0.25, -0.2) is 13.1 Å². The number of nitrogens with one attached hydrogen (secondary N) is 2. The average molecular weight is 347 g/mol. The summed E-state index contributed by atoms with van der Waals surface area (Å²) in [4.78, 5) is 4.39. The zero-order valence-electron chi connectivity index (χ0n) is 12.6. The Morgan fingerprint density at radius 2 is 2.00 bits per heavy atom. The number of rotatable bonds is 6. The first-order valence-corrected chi connectivity index (χ1v) is 9.55. The van der Waals surface area contributed by atoms with E-state index in [2.05, 4.69) is 15.0 Å². The molecule has 0 fully saturated rings. The van der Waals surface area contributed by atoms with E-state index in [1.54, 1.807) is 23.7 Å². The predicted molar refractivity (Wildman–Crippen MR) is 94.5 cm³/mol. The Morgan fingerprint density at radius 1 is 1.13 bits per heavy atom. The summed E-state index contributed by atoms with van der Waals surface area (Å²) in [5, 5.41) is 6.05. The Kier molecular flexibility index (Phi) is 4.61. The molecular formula is C16H17N3O2S2. The molecule has 0 atom stereocenters. The van der Waals surface area contributed by atoms with Gasteiger partial charge in [0.05, 0.1) is 5.52 Å². The fraction of sp³-hybridized carbons (Fsp3) is 0.188. The number of sulfonamides is 1. The zero-order valence-corrected chi connectivity index (χ0v) is 14.2. The summed E-state index contributed by atoms with van der Waals surface area (Å²) in [6.07, 6.45) is 1.76. The van der Waals surface area contributed by atoms with Crippen molar-refractivity contribution in [2.75, 3.05) is 18.4 Å². The lowest BCUT2D eigenvalue weighted by atomic mass is 10.1. The molecule has 3 aromatic rings. The van der Waals surface area contributed by atoms with Crippen LogP contribution in [0.1, 0.15) is 5.56 Å². The molecule has 7 heteroatoms. The molecule has 5 nitrogen and oxygen atoms in total. The second-order valence-electron chi connectivity index (χ2n) is 5.09. The highest BCUT2D eigenvalue weighted by atomic mass is 32.2. The second-order valence-corrected chi connectivity index (χ2v) is 8.03. The number of aryl methyl sites for hydroxylation is 1. The van der Waals surface area contributed by atoms with E-state index in [1.165, 1.54) is 11.3 Å². The molecule has 0 spiro atoms. The number of fused-ring (bicyclic) bond motifs is 1. The number of hydrogen-bond donors (Lipinski definition) is 2. The second kappa shape index (κ2) is 6.66. The van der Waals surface area contributed by atoms with E-state index in [-0.39, 0.29) is 0 Å². The molecule has 0 bridgehead atoms. The number of pyridine rings is 1. The van der Waals surface area contributed by atoms with Crippen LogP contribution in [0, 0.1) is 6.92 Å². The third-order valence-electron chi connectivity index (χ3n) is 3.47. The van der Waals surface area contributed by atoms with Crippen molar-refractivity contribution in [1.82, 2.24) is 9.71 Å². The van der Waals surface area contributed by atoms with Crippen LogP contribution in [-0.4, -0.2) is 26.5 Å². The summed E-state index contributed by atoms with van der Waals surface area (Å²) in [5.74, 6) is 0. The first kappa shape index (κ1) is 15.9. The normalized spacial score (nSPS) is 11.7. The molecule has 0 saturated heterocycles. The van der Waals surface area contributed by atoms with Crippen molar-refractivity contribution in [2.24, 2.45) is 0 Å². The minimum absolute atomic E-state index is 0.315. The molecule has 0 unspecified atom stereocenters. The van der Waals surface area contributed by atoms with Crippen LogP contribution in [0.4, 0.5) is 5.69 Å². The molecule has 1 aromatic carbocycles.